The normalized spacial score (nSPS) is 29.2. The number of hydrogen-bond donors (Lipinski definition) is 1. The zero-order valence-electron chi connectivity index (χ0n) is 16.9. The van der Waals surface area contributed by atoms with Crippen molar-refractivity contribution in [2.24, 2.45) is 5.92 Å². The second-order valence-electron chi connectivity index (χ2n) is 8.90. The number of ether oxygens (including phenoxy) is 1. The molecule has 4 heterocycles. The van der Waals surface area contributed by atoms with Crippen LogP contribution in [0, 0.1) is 5.92 Å². The molecule has 0 unspecified atom stereocenters. The van der Waals surface area contributed by atoms with Gasteiger partial charge in [-0.15, -0.1) is 0 Å². The van der Waals surface area contributed by atoms with Crippen molar-refractivity contribution >= 4 is 0 Å². The third kappa shape index (κ3) is 4.04. The molecular formula is C22H32N4O2. The van der Waals surface area contributed by atoms with E-state index in [9.17, 15) is 0 Å². The molecule has 0 spiro atoms. The SMILES string of the molecule is C[C@@H]1C[C@H]1c1ccc(CN2CCC[C@@H](c3[nH]ncc3CN3CCOCC3)C2)o1. The van der Waals surface area contributed by atoms with E-state index in [1.165, 1.54) is 36.3 Å². The van der Waals surface area contributed by atoms with Crippen LogP contribution in [0.2, 0.25) is 0 Å². The molecule has 0 aromatic carbocycles. The largest absolute Gasteiger partial charge is 0.464 e. The van der Waals surface area contributed by atoms with E-state index >= 15 is 0 Å². The molecule has 3 fully saturated rings. The Kier molecular flexibility index (Phi) is 5.26. The maximum atomic E-state index is 6.15. The number of piperidine rings is 1. The standard InChI is InChI=1S/C22H32N4O2/c1-16-11-20(16)21-5-4-19(28-21)15-26-6-2-3-17(13-26)22-18(12-23-24-22)14-25-7-9-27-10-8-25/h4-5,12,16-17,20H,2-3,6-11,13-15H2,1H3,(H,23,24)/t16-,17-,20-/m1/s1. The summed E-state index contributed by atoms with van der Waals surface area (Å²) in [6.45, 7) is 10.2. The number of aromatic nitrogens is 2. The van der Waals surface area contributed by atoms with Crippen LogP contribution < -0.4 is 0 Å². The Hall–Kier alpha value is -1.63. The summed E-state index contributed by atoms with van der Waals surface area (Å²) in [6, 6.07) is 4.38. The van der Waals surface area contributed by atoms with Crippen LogP contribution >= 0.6 is 0 Å². The summed E-state index contributed by atoms with van der Waals surface area (Å²) >= 11 is 0. The second-order valence-corrected chi connectivity index (χ2v) is 8.90. The fraction of sp³-hybridized carbons (Fsp3) is 0.682. The fourth-order valence-corrected chi connectivity index (χ4v) is 4.85. The van der Waals surface area contributed by atoms with Crippen LogP contribution in [0.5, 0.6) is 0 Å². The van der Waals surface area contributed by atoms with Crippen LogP contribution in [-0.4, -0.2) is 59.4 Å². The number of nitrogens with one attached hydrogen (secondary N) is 1. The van der Waals surface area contributed by atoms with Gasteiger partial charge in [0, 0.05) is 49.3 Å². The molecule has 0 amide bonds. The Morgan fingerprint density at radius 1 is 1.14 bits per heavy atom. The molecule has 2 aromatic rings. The average molecular weight is 385 g/mol. The van der Waals surface area contributed by atoms with Crippen LogP contribution in [-0.2, 0) is 17.8 Å². The highest BCUT2D eigenvalue weighted by Gasteiger charge is 2.36. The van der Waals surface area contributed by atoms with Crippen LogP contribution in [0.25, 0.3) is 0 Å². The second kappa shape index (κ2) is 8.01. The minimum atomic E-state index is 0.533. The van der Waals surface area contributed by atoms with E-state index in [-0.39, 0.29) is 0 Å². The van der Waals surface area contributed by atoms with Gasteiger partial charge in [0.1, 0.15) is 11.5 Å². The monoisotopic (exact) mass is 384 g/mol. The zero-order valence-corrected chi connectivity index (χ0v) is 16.9. The van der Waals surface area contributed by atoms with Gasteiger partial charge in [-0.25, -0.2) is 0 Å². The smallest absolute Gasteiger partial charge is 0.118 e. The molecule has 1 aliphatic carbocycles. The molecule has 152 valence electrons. The molecule has 2 saturated heterocycles. The highest BCUT2D eigenvalue weighted by Crippen LogP contribution is 2.47. The maximum Gasteiger partial charge on any atom is 0.118 e. The van der Waals surface area contributed by atoms with E-state index in [0.717, 1.165) is 64.2 Å². The van der Waals surface area contributed by atoms with E-state index in [4.69, 9.17) is 9.15 Å². The van der Waals surface area contributed by atoms with Gasteiger partial charge in [0.2, 0.25) is 0 Å². The Bertz CT molecular complexity index is 779. The third-order valence-corrected chi connectivity index (χ3v) is 6.70. The Morgan fingerprint density at radius 3 is 2.82 bits per heavy atom. The Morgan fingerprint density at radius 2 is 2.00 bits per heavy atom. The number of furan rings is 1. The molecule has 28 heavy (non-hydrogen) atoms. The number of likely N-dealkylation sites (tertiary alicyclic amines) is 1. The molecule has 2 aromatic heterocycles. The molecule has 2 aliphatic heterocycles. The van der Waals surface area contributed by atoms with Gasteiger partial charge in [-0.3, -0.25) is 14.9 Å². The first-order chi connectivity index (χ1) is 13.8. The molecule has 3 aliphatic rings. The molecule has 6 heteroatoms. The molecule has 3 atom stereocenters. The van der Waals surface area contributed by atoms with Crippen molar-refractivity contribution in [1.29, 1.82) is 0 Å². The summed E-state index contributed by atoms with van der Waals surface area (Å²) in [4.78, 5) is 5.02. The quantitative estimate of drug-likeness (QED) is 0.828. The van der Waals surface area contributed by atoms with Crippen LogP contribution in [0.4, 0.5) is 0 Å². The lowest BCUT2D eigenvalue weighted by molar-refractivity contribution is 0.0339. The van der Waals surface area contributed by atoms with Crippen molar-refractivity contribution in [1.82, 2.24) is 20.0 Å². The van der Waals surface area contributed by atoms with Gasteiger partial charge < -0.3 is 9.15 Å². The lowest BCUT2D eigenvalue weighted by Gasteiger charge is -2.33. The molecule has 0 radical (unpaired) electrons. The van der Waals surface area contributed by atoms with Gasteiger partial charge in [-0.2, -0.15) is 5.10 Å². The van der Waals surface area contributed by atoms with Crippen molar-refractivity contribution in [3.05, 3.63) is 41.1 Å². The zero-order chi connectivity index (χ0) is 18.9. The highest BCUT2D eigenvalue weighted by atomic mass is 16.5. The van der Waals surface area contributed by atoms with Crippen LogP contribution in [0.1, 0.15) is 60.8 Å². The van der Waals surface area contributed by atoms with Crippen LogP contribution in [0.15, 0.2) is 22.7 Å². The summed E-state index contributed by atoms with van der Waals surface area (Å²) in [5.41, 5.74) is 2.69. The molecule has 1 N–H and O–H groups in total. The summed E-state index contributed by atoms with van der Waals surface area (Å²) in [7, 11) is 0. The van der Waals surface area contributed by atoms with E-state index in [0.29, 0.717) is 11.8 Å². The number of H-pyrrole nitrogens is 1. The minimum Gasteiger partial charge on any atom is -0.464 e. The summed E-state index contributed by atoms with van der Waals surface area (Å²) < 4.78 is 11.6. The molecule has 1 saturated carbocycles. The Labute approximate surface area is 167 Å². The average Bonchev–Trinajstić information content (AvgIpc) is 3.09. The van der Waals surface area contributed by atoms with E-state index in [1.807, 2.05) is 6.20 Å². The fourth-order valence-electron chi connectivity index (χ4n) is 4.85. The molecular weight excluding hydrogens is 352 g/mol. The van der Waals surface area contributed by atoms with Gasteiger partial charge >= 0.3 is 0 Å². The van der Waals surface area contributed by atoms with Gasteiger partial charge in [-0.05, 0) is 43.9 Å². The lowest BCUT2D eigenvalue weighted by atomic mass is 9.92. The number of hydrogen-bond acceptors (Lipinski definition) is 5. The molecule has 6 nitrogen and oxygen atoms in total. The number of morpholine rings is 1. The van der Waals surface area contributed by atoms with E-state index < -0.39 is 0 Å². The number of rotatable bonds is 6. The first-order valence-electron chi connectivity index (χ1n) is 10.9. The van der Waals surface area contributed by atoms with Crippen molar-refractivity contribution in [2.75, 3.05) is 39.4 Å². The van der Waals surface area contributed by atoms with Crippen molar-refractivity contribution < 1.29 is 9.15 Å². The van der Waals surface area contributed by atoms with Gasteiger partial charge in [0.25, 0.3) is 0 Å². The van der Waals surface area contributed by atoms with Gasteiger partial charge in [-0.1, -0.05) is 6.92 Å². The first kappa shape index (κ1) is 18.4. The van der Waals surface area contributed by atoms with Crippen molar-refractivity contribution in [3.63, 3.8) is 0 Å². The first-order valence-corrected chi connectivity index (χ1v) is 10.9. The summed E-state index contributed by atoms with van der Waals surface area (Å²) in [5.74, 6) is 4.30. The minimum absolute atomic E-state index is 0.533. The highest BCUT2D eigenvalue weighted by molar-refractivity contribution is 5.22. The topological polar surface area (TPSA) is 57.5 Å². The predicted molar refractivity (Wildman–Crippen MR) is 107 cm³/mol. The Balaban J connectivity index is 1.21. The van der Waals surface area contributed by atoms with E-state index in [2.05, 4.69) is 39.1 Å². The molecule has 5 rings (SSSR count). The molecule has 0 bridgehead atoms. The van der Waals surface area contributed by atoms with Crippen LogP contribution in [0.3, 0.4) is 0 Å². The van der Waals surface area contributed by atoms with Crippen molar-refractivity contribution in [3.8, 4) is 0 Å². The van der Waals surface area contributed by atoms with Gasteiger partial charge in [0.05, 0.1) is 26.0 Å². The number of nitrogens with zero attached hydrogens (tertiary/aromatic N) is 3. The van der Waals surface area contributed by atoms with Crippen molar-refractivity contribution in [2.45, 2.75) is 51.1 Å². The van der Waals surface area contributed by atoms with E-state index in [1.54, 1.807) is 0 Å². The summed E-state index contributed by atoms with van der Waals surface area (Å²) in [5, 5.41) is 7.71. The third-order valence-electron chi connectivity index (χ3n) is 6.70. The summed E-state index contributed by atoms with van der Waals surface area (Å²) in [6.07, 6.45) is 5.77. The lowest BCUT2D eigenvalue weighted by Crippen LogP contribution is -2.37. The van der Waals surface area contributed by atoms with Gasteiger partial charge in [0.15, 0.2) is 0 Å². The number of aromatic amines is 1. The predicted octanol–water partition coefficient (Wildman–Crippen LogP) is 3.34. The maximum absolute atomic E-state index is 6.15.